The number of carbonyl (C=O) groups excluding carboxylic acids is 2. The Balaban J connectivity index is 1.46. The van der Waals surface area contributed by atoms with E-state index in [2.05, 4.69) is 0 Å². The van der Waals surface area contributed by atoms with Crippen LogP contribution in [0.2, 0.25) is 0 Å². The molecule has 2 saturated heterocycles. The average molecular weight is 509 g/mol. The lowest BCUT2D eigenvalue weighted by Gasteiger charge is -2.29. The molecule has 9 heteroatoms. The van der Waals surface area contributed by atoms with Crippen LogP contribution in [-0.2, 0) is 14.4 Å². The number of nitro benzene ring substituents is 1. The Morgan fingerprint density at radius 2 is 1.58 bits per heavy atom. The number of fused-ring (bicyclic) bond motifs is 2. The number of hydroxylamine groups is 1. The van der Waals surface area contributed by atoms with Crippen LogP contribution < -0.4 is 14.9 Å². The van der Waals surface area contributed by atoms with Crippen molar-refractivity contribution in [3.63, 3.8) is 0 Å². The minimum absolute atomic E-state index is 0.111. The number of imide groups is 1. The summed E-state index contributed by atoms with van der Waals surface area (Å²) in [7, 11) is 3.86. The van der Waals surface area contributed by atoms with Crippen molar-refractivity contribution in [2.75, 3.05) is 29.0 Å². The third kappa shape index (κ3) is 3.67. The van der Waals surface area contributed by atoms with Gasteiger partial charge in [0.25, 0.3) is 11.6 Å². The molecule has 0 bridgehead atoms. The minimum atomic E-state index is -1.07. The van der Waals surface area contributed by atoms with Gasteiger partial charge in [0.1, 0.15) is 5.92 Å². The number of hydrogen-bond donors (Lipinski definition) is 0. The normalized spacial score (nSPS) is 20.7. The van der Waals surface area contributed by atoms with Crippen molar-refractivity contribution in [1.82, 2.24) is 0 Å². The summed E-state index contributed by atoms with van der Waals surface area (Å²) in [5, 5.41) is 14.6. The Kier molecular flexibility index (Phi) is 5.57. The highest BCUT2D eigenvalue weighted by molar-refractivity contribution is 6.26. The van der Waals surface area contributed by atoms with E-state index in [1.807, 2.05) is 79.7 Å². The van der Waals surface area contributed by atoms with Crippen molar-refractivity contribution in [3.8, 4) is 0 Å². The monoisotopic (exact) mass is 508 g/mol. The number of non-ortho nitro benzene ring substituents is 1. The second-order valence-electron chi connectivity index (χ2n) is 9.60. The lowest BCUT2D eigenvalue weighted by Crippen LogP contribution is -2.37. The fourth-order valence-corrected chi connectivity index (χ4v) is 5.33. The van der Waals surface area contributed by atoms with Gasteiger partial charge in [0.2, 0.25) is 5.91 Å². The van der Waals surface area contributed by atoms with Gasteiger partial charge in [0.05, 0.1) is 22.3 Å². The molecule has 0 spiro atoms. The van der Waals surface area contributed by atoms with Crippen molar-refractivity contribution < 1.29 is 19.3 Å². The largest absolute Gasteiger partial charge is 0.378 e. The highest BCUT2D eigenvalue weighted by Crippen LogP contribution is 2.48. The van der Waals surface area contributed by atoms with Gasteiger partial charge in [-0.05, 0) is 35.2 Å². The fraction of sp³-hybridized carbons (Fsp3) is 0.172. The van der Waals surface area contributed by atoms with Gasteiger partial charge >= 0.3 is 0 Å². The molecular weight excluding hydrogens is 484 g/mol. The predicted octanol–water partition coefficient (Wildman–Crippen LogP) is 4.87. The van der Waals surface area contributed by atoms with Gasteiger partial charge in [0, 0.05) is 37.3 Å². The number of amides is 2. The van der Waals surface area contributed by atoms with Crippen LogP contribution in [0.15, 0.2) is 91.0 Å². The number of carbonyl (C=O) groups is 2. The van der Waals surface area contributed by atoms with E-state index in [0.717, 1.165) is 22.0 Å². The van der Waals surface area contributed by atoms with Crippen molar-refractivity contribution in [1.29, 1.82) is 0 Å². The Morgan fingerprint density at radius 1 is 0.868 bits per heavy atom. The molecule has 4 aromatic carbocycles. The van der Waals surface area contributed by atoms with E-state index in [9.17, 15) is 19.7 Å². The summed E-state index contributed by atoms with van der Waals surface area (Å²) in [6.07, 6.45) is -1.07. The van der Waals surface area contributed by atoms with Gasteiger partial charge in [-0.1, -0.05) is 54.6 Å². The van der Waals surface area contributed by atoms with E-state index in [4.69, 9.17) is 4.84 Å². The van der Waals surface area contributed by atoms with Crippen molar-refractivity contribution >= 4 is 45.3 Å². The number of rotatable bonds is 5. The summed E-state index contributed by atoms with van der Waals surface area (Å²) in [5.41, 5.74) is 2.53. The summed E-state index contributed by atoms with van der Waals surface area (Å²) in [4.78, 5) is 48.1. The molecule has 0 aromatic heterocycles. The van der Waals surface area contributed by atoms with E-state index >= 15 is 0 Å². The molecule has 2 aliphatic rings. The third-order valence-electron chi connectivity index (χ3n) is 7.17. The fourth-order valence-electron chi connectivity index (χ4n) is 5.33. The molecule has 0 N–H and O–H groups in total. The maximum atomic E-state index is 14.0. The number of nitro groups is 1. The first kappa shape index (κ1) is 23.6. The van der Waals surface area contributed by atoms with Crippen LogP contribution in [0, 0.1) is 16.0 Å². The maximum absolute atomic E-state index is 14.0. The number of benzene rings is 4. The van der Waals surface area contributed by atoms with Crippen LogP contribution in [0.1, 0.15) is 11.6 Å². The Morgan fingerprint density at radius 3 is 2.32 bits per heavy atom. The summed E-state index contributed by atoms with van der Waals surface area (Å²) in [5.74, 6) is -1.67. The standard InChI is InChI=1S/C29H24N4O5/c1-30(2)20-15-13-19(14-16-20)26-25-27(38-32(26)21-9-6-10-22(17-21)33(36)37)29(35)31(28(25)34)24-12-5-8-18-7-3-4-11-23(18)24/h3-17,25-27H,1-2H3/t25-,26+,27+/m0/s1. The second-order valence-corrected chi connectivity index (χ2v) is 9.60. The molecule has 2 aliphatic heterocycles. The van der Waals surface area contributed by atoms with E-state index < -0.39 is 28.9 Å². The molecule has 2 amide bonds. The molecule has 3 atom stereocenters. The molecule has 6 rings (SSSR count). The maximum Gasteiger partial charge on any atom is 0.271 e. The first-order valence-corrected chi connectivity index (χ1v) is 12.2. The minimum Gasteiger partial charge on any atom is -0.378 e. The molecule has 2 heterocycles. The molecular formula is C29H24N4O5. The lowest BCUT2D eigenvalue weighted by atomic mass is 9.90. The van der Waals surface area contributed by atoms with E-state index in [-0.39, 0.29) is 11.6 Å². The van der Waals surface area contributed by atoms with Crippen LogP contribution in [0.4, 0.5) is 22.7 Å². The highest BCUT2D eigenvalue weighted by Gasteiger charge is 2.60. The Bertz CT molecular complexity index is 1580. The number of nitrogens with zero attached hydrogens (tertiary/aromatic N) is 4. The molecule has 0 saturated carbocycles. The molecule has 9 nitrogen and oxygen atoms in total. The zero-order valence-corrected chi connectivity index (χ0v) is 20.7. The number of hydrogen-bond acceptors (Lipinski definition) is 7. The van der Waals surface area contributed by atoms with Gasteiger partial charge in [-0.3, -0.25) is 24.5 Å². The molecule has 2 fully saturated rings. The van der Waals surface area contributed by atoms with E-state index in [1.165, 1.54) is 22.1 Å². The summed E-state index contributed by atoms with van der Waals surface area (Å²) in [6, 6.07) is 26.1. The van der Waals surface area contributed by atoms with E-state index in [1.54, 1.807) is 18.2 Å². The molecule has 0 unspecified atom stereocenters. The molecule has 0 radical (unpaired) electrons. The van der Waals surface area contributed by atoms with Crippen LogP contribution in [0.3, 0.4) is 0 Å². The van der Waals surface area contributed by atoms with Crippen LogP contribution >= 0.6 is 0 Å². The van der Waals surface area contributed by atoms with Crippen molar-refractivity contribution in [3.05, 3.63) is 107 Å². The molecule has 38 heavy (non-hydrogen) atoms. The predicted molar refractivity (Wildman–Crippen MR) is 144 cm³/mol. The van der Waals surface area contributed by atoms with Crippen molar-refractivity contribution in [2.24, 2.45) is 5.92 Å². The van der Waals surface area contributed by atoms with Gasteiger partial charge in [0.15, 0.2) is 6.10 Å². The summed E-state index contributed by atoms with van der Waals surface area (Å²) >= 11 is 0. The summed E-state index contributed by atoms with van der Waals surface area (Å²) in [6.45, 7) is 0. The SMILES string of the molecule is CN(C)c1ccc([C@@H]2[C@@H]3C(=O)N(c4cccc5ccccc45)C(=O)[C@@H]3ON2c2cccc([N+](=O)[O-])c2)cc1. The third-order valence-corrected chi connectivity index (χ3v) is 7.17. The van der Waals surface area contributed by atoms with Gasteiger partial charge in [-0.15, -0.1) is 0 Å². The highest BCUT2D eigenvalue weighted by atomic mass is 16.7. The molecule has 0 aliphatic carbocycles. The van der Waals surface area contributed by atoms with Crippen LogP contribution in [0.25, 0.3) is 10.8 Å². The first-order chi connectivity index (χ1) is 18.3. The first-order valence-electron chi connectivity index (χ1n) is 12.2. The van der Waals surface area contributed by atoms with Crippen molar-refractivity contribution in [2.45, 2.75) is 12.1 Å². The summed E-state index contributed by atoms with van der Waals surface area (Å²) < 4.78 is 0. The molecule has 4 aromatic rings. The topological polar surface area (TPSA) is 96.2 Å². The van der Waals surface area contributed by atoms with Gasteiger partial charge in [-0.2, -0.15) is 0 Å². The average Bonchev–Trinajstić information content (AvgIpc) is 3.44. The quantitative estimate of drug-likeness (QED) is 0.216. The Labute approximate surface area is 218 Å². The van der Waals surface area contributed by atoms with Crippen LogP contribution in [-0.4, -0.2) is 36.9 Å². The van der Waals surface area contributed by atoms with Gasteiger partial charge < -0.3 is 4.90 Å². The smallest absolute Gasteiger partial charge is 0.271 e. The zero-order valence-electron chi connectivity index (χ0n) is 20.7. The van der Waals surface area contributed by atoms with Gasteiger partial charge in [-0.25, -0.2) is 9.96 Å². The molecule has 190 valence electrons. The second kappa shape index (κ2) is 8.97. The lowest BCUT2D eigenvalue weighted by molar-refractivity contribution is -0.384. The zero-order chi connectivity index (χ0) is 26.6. The van der Waals surface area contributed by atoms with Crippen LogP contribution in [0.5, 0.6) is 0 Å². The number of anilines is 3. The van der Waals surface area contributed by atoms with E-state index in [0.29, 0.717) is 11.4 Å². The Hall–Kier alpha value is -4.76.